The number of benzene rings is 1. The molecule has 6 nitrogen and oxygen atoms in total. The molecule has 1 aromatic carbocycles. The standard InChI is InChI=1S/C21H25N3O3/c1-3-27-21(26)16-4-7-18(8-5-16)23-19-9-6-17(14-22-19)20(25)24-12-10-15(2)11-13-24/h4-9,14-15H,3,10-13H2,1-2H3,(H,22,23). The quantitative estimate of drug-likeness (QED) is 0.812. The average Bonchev–Trinajstić information content (AvgIpc) is 2.69. The molecule has 1 amide bonds. The molecule has 1 fully saturated rings. The number of nitrogens with one attached hydrogen (secondary N) is 1. The Bertz CT molecular complexity index is 779. The largest absolute Gasteiger partial charge is 0.462 e. The summed E-state index contributed by atoms with van der Waals surface area (Å²) >= 11 is 0. The van der Waals surface area contributed by atoms with E-state index in [1.807, 2.05) is 4.90 Å². The molecular formula is C21H25N3O3. The number of esters is 1. The van der Waals surface area contributed by atoms with Gasteiger partial charge in [0.15, 0.2) is 0 Å². The Morgan fingerprint density at radius 1 is 1.11 bits per heavy atom. The van der Waals surface area contributed by atoms with Gasteiger partial charge in [0.1, 0.15) is 5.82 Å². The van der Waals surface area contributed by atoms with Crippen molar-refractivity contribution < 1.29 is 14.3 Å². The number of ether oxygens (including phenoxy) is 1. The number of hydrogen-bond acceptors (Lipinski definition) is 5. The molecule has 0 saturated carbocycles. The molecule has 0 spiro atoms. The van der Waals surface area contributed by atoms with E-state index in [1.54, 1.807) is 49.5 Å². The molecular weight excluding hydrogens is 342 g/mol. The number of aromatic nitrogens is 1. The highest BCUT2D eigenvalue weighted by molar-refractivity contribution is 5.94. The van der Waals surface area contributed by atoms with Gasteiger partial charge in [-0.15, -0.1) is 0 Å². The molecule has 3 rings (SSSR count). The lowest BCUT2D eigenvalue weighted by Gasteiger charge is -2.30. The van der Waals surface area contributed by atoms with Crippen molar-refractivity contribution in [1.29, 1.82) is 0 Å². The molecule has 1 aliphatic heterocycles. The molecule has 142 valence electrons. The number of rotatable bonds is 5. The first-order valence-corrected chi connectivity index (χ1v) is 9.36. The number of hydrogen-bond donors (Lipinski definition) is 1. The Balaban J connectivity index is 1.60. The second-order valence-electron chi connectivity index (χ2n) is 6.83. The fourth-order valence-electron chi connectivity index (χ4n) is 3.04. The van der Waals surface area contributed by atoms with E-state index in [1.165, 1.54) is 0 Å². The van der Waals surface area contributed by atoms with Gasteiger partial charge in [0.05, 0.1) is 17.7 Å². The van der Waals surface area contributed by atoms with Crippen LogP contribution >= 0.6 is 0 Å². The molecule has 1 aromatic heterocycles. The molecule has 2 heterocycles. The summed E-state index contributed by atoms with van der Waals surface area (Å²) in [6.07, 6.45) is 3.72. The van der Waals surface area contributed by atoms with Gasteiger partial charge in [-0.25, -0.2) is 9.78 Å². The highest BCUT2D eigenvalue weighted by atomic mass is 16.5. The van der Waals surface area contributed by atoms with Gasteiger partial charge >= 0.3 is 5.97 Å². The van der Waals surface area contributed by atoms with Crippen molar-refractivity contribution in [2.45, 2.75) is 26.7 Å². The molecule has 6 heteroatoms. The van der Waals surface area contributed by atoms with Crippen LogP contribution in [-0.2, 0) is 4.74 Å². The van der Waals surface area contributed by atoms with E-state index >= 15 is 0 Å². The number of nitrogens with zero attached hydrogens (tertiary/aromatic N) is 2. The minimum absolute atomic E-state index is 0.0414. The van der Waals surface area contributed by atoms with Gasteiger partial charge in [0.25, 0.3) is 5.91 Å². The van der Waals surface area contributed by atoms with Gasteiger partial charge in [-0.2, -0.15) is 0 Å². The lowest BCUT2D eigenvalue weighted by atomic mass is 9.99. The molecule has 2 aromatic rings. The lowest BCUT2D eigenvalue weighted by molar-refractivity contribution is 0.0526. The molecule has 1 aliphatic rings. The summed E-state index contributed by atoms with van der Waals surface area (Å²) in [5, 5.41) is 3.17. The highest BCUT2D eigenvalue weighted by Gasteiger charge is 2.21. The maximum atomic E-state index is 12.6. The number of anilines is 2. The third kappa shape index (κ3) is 4.84. The summed E-state index contributed by atoms with van der Waals surface area (Å²) in [4.78, 5) is 30.5. The van der Waals surface area contributed by atoms with Crippen LogP contribution in [0.5, 0.6) is 0 Å². The van der Waals surface area contributed by atoms with Gasteiger partial charge in [-0.3, -0.25) is 4.79 Å². The number of piperidine rings is 1. The predicted molar refractivity (Wildman–Crippen MR) is 104 cm³/mol. The van der Waals surface area contributed by atoms with E-state index in [9.17, 15) is 9.59 Å². The van der Waals surface area contributed by atoms with Crippen molar-refractivity contribution >= 4 is 23.4 Å². The smallest absolute Gasteiger partial charge is 0.338 e. The van der Waals surface area contributed by atoms with Gasteiger partial charge in [-0.05, 0) is 62.1 Å². The van der Waals surface area contributed by atoms with Crippen LogP contribution in [0.15, 0.2) is 42.6 Å². The Kier molecular flexibility index (Phi) is 6.06. The minimum Gasteiger partial charge on any atom is -0.462 e. The monoisotopic (exact) mass is 367 g/mol. The van der Waals surface area contributed by atoms with Crippen molar-refractivity contribution in [2.75, 3.05) is 25.0 Å². The van der Waals surface area contributed by atoms with Crippen LogP contribution in [0.25, 0.3) is 0 Å². The SMILES string of the molecule is CCOC(=O)c1ccc(Nc2ccc(C(=O)N3CCC(C)CC3)cn2)cc1. The zero-order chi connectivity index (χ0) is 19.2. The number of pyridine rings is 1. The molecule has 0 bridgehead atoms. The zero-order valence-electron chi connectivity index (χ0n) is 15.8. The number of likely N-dealkylation sites (tertiary alicyclic amines) is 1. The summed E-state index contributed by atoms with van der Waals surface area (Å²) in [6, 6.07) is 10.6. The Morgan fingerprint density at radius 2 is 1.78 bits per heavy atom. The third-order valence-electron chi connectivity index (χ3n) is 4.75. The van der Waals surface area contributed by atoms with E-state index in [0.29, 0.717) is 29.5 Å². The Labute approximate surface area is 159 Å². The molecule has 1 saturated heterocycles. The van der Waals surface area contributed by atoms with Gasteiger partial charge in [-0.1, -0.05) is 6.92 Å². The van der Waals surface area contributed by atoms with E-state index in [4.69, 9.17) is 4.74 Å². The fraction of sp³-hybridized carbons (Fsp3) is 0.381. The number of carbonyl (C=O) groups excluding carboxylic acids is 2. The Hall–Kier alpha value is -2.89. The highest BCUT2D eigenvalue weighted by Crippen LogP contribution is 2.20. The van der Waals surface area contributed by atoms with E-state index in [0.717, 1.165) is 31.6 Å². The maximum Gasteiger partial charge on any atom is 0.338 e. The van der Waals surface area contributed by atoms with Crippen LogP contribution in [0, 0.1) is 5.92 Å². The molecule has 0 radical (unpaired) electrons. The third-order valence-corrected chi connectivity index (χ3v) is 4.75. The van der Waals surface area contributed by atoms with Crippen molar-refractivity contribution in [3.8, 4) is 0 Å². The fourth-order valence-corrected chi connectivity index (χ4v) is 3.04. The van der Waals surface area contributed by atoms with E-state index in [2.05, 4.69) is 17.2 Å². The lowest BCUT2D eigenvalue weighted by Crippen LogP contribution is -2.37. The van der Waals surface area contributed by atoms with Crippen molar-refractivity contribution in [1.82, 2.24) is 9.88 Å². The predicted octanol–water partition coefficient (Wildman–Crippen LogP) is 3.87. The molecule has 0 aliphatic carbocycles. The van der Waals surface area contributed by atoms with Gasteiger partial charge in [0.2, 0.25) is 0 Å². The van der Waals surface area contributed by atoms with Crippen LogP contribution in [0.3, 0.4) is 0 Å². The van der Waals surface area contributed by atoms with Crippen LogP contribution in [-0.4, -0.2) is 41.5 Å². The second-order valence-corrected chi connectivity index (χ2v) is 6.83. The Morgan fingerprint density at radius 3 is 2.37 bits per heavy atom. The molecule has 1 N–H and O–H groups in total. The summed E-state index contributed by atoms with van der Waals surface area (Å²) in [6.45, 7) is 5.98. The summed E-state index contributed by atoms with van der Waals surface area (Å²) < 4.78 is 4.97. The van der Waals surface area contributed by atoms with Crippen molar-refractivity contribution in [2.24, 2.45) is 5.92 Å². The average molecular weight is 367 g/mol. The normalized spacial score (nSPS) is 14.7. The van der Waals surface area contributed by atoms with Crippen LogP contribution < -0.4 is 5.32 Å². The molecule has 27 heavy (non-hydrogen) atoms. The van der Waals surface area contributed by atoms with E-state index < -0.39 is 0 Å². The van der Waals surface area contributed by atoms with Gasteiger partial charge in [0, 0.05) is 25.0 Å². The first kappa shape index (κ1) is 18.9. The van der Waals surface area contributed by atoms with Crippen LogP contribution in [0.4, 0.5) is 11.5 Å². The van der Waals surface area contributed by atoms with Crippen molar-refractivity contribution in [3.05, 3.63) is 53.7 Å². The number of carbonyl (C=O) groups is 2. The van der Waals surface area contributed by atoms with Crippen LogP contribution in [0.2, 0.25) is 0 Å². The van der Waals surface area contributed by atoms with E-state index in [-0.39, 0.29) is 11.9 Å². The first-order chi connectivity index (χ1) is 13.1. The minimum atomic E-state index is -0.336. The summed E-state index contributed by atoms with van der Waals surface area (Å²) in [7, 11) is 0. The molecule has 0 atom stereocenters. The molecule has 0 unspecified atom stereocenters. The number of amides is 1. The first-order valence-electron chi connectivity index (χ1n) is 9.36. The summed E-state index contributed by atoms with van der Waals surface area (Å²) in [5.74, 6) is 1.04. The summed E-state index contributed by atoms with van der Waals surface area (Å²) in [5.41, 5.74) is 1.92. The van der Waals surface area contributed by atoms with Crippen LogP contribution in [0.1, 0.15) is 47.4 Å². The topological polar surface area (TPSA) is 71.5 Å². The van der Waals surface area contributed by atoms with Gasteiger partial charge < -0.3 is 15.0 Å². The maximum absolute atomic E-state index is 12.6. The zero-order valence-corrected chi connectivity index (χ0v) is 15.8. The van der Waals surface area contributed by atoms with Crippen molar-refractivity contribution in [3.63, 3.8) is 0 Å². The second kappa shape index (κ2) is 8.66.